The van der Waals surface area contributed by atoms with Crippen molar-refractivity contribution in [3.63, 3.8) is 0 Å². The number of carbonyl (C=O) groups excluding carboxylic acids is 1. The van der Waals surface area contributed by atoms with Gasteiger partial charge in [0, 0.05) is 18.3 Å². The fourth-order valence-electron chi connectivity index (χ4n) is 2.77. The summed E-state index contributed by atoms with van der Waals surface area (Å²) in [6.07, 6.45) is 4.56. The van der Waals surface area contributed by atoms with E-state index in [9.17, 15) is 9.59 Å². The largest absolute Gasteiger partial charge is 0.481 e. The van der Waals surface area contributed by atoms with Gasteiger partial charge >= 0.3 is 5.97 Å². The molecule has 3 rings (SSSR count). The number of nitrogens with zero attached hydrogens (tertiary/aromatic N) is 2. The third-order valence-electron chi connectivity index (χ3n) is 4.07. The number of amides is 1. The van der Waals surface area contributed by atoms with Crippen LogP contribution in [-0.2, 0) is 14.3 Å². The van der Waals surface area contributed by atoms with Crippen LogP contribution in [-0.4, -0.2) is 35.0 Å². The number of carbonyl (C=O) groups is 2. The minimum atomic E-state index is -0.841. The molecule has 1 unspecified atom stereocenters. The molecule has 0 saturated carbocycles. The van der Waals surface area contributed by atoms with Gasteiger partial charge in [-0.1, -0.05) is 12.1 Å². The average molecular weight is 314 g/mol. The number of ether oxygens (including phenoxy) is 1. The number of hydrogen-bond acceptors (Lipinski definition) is 4. The van der Waals surface area contributed by atoms with Crippen molar-refractivity contribution in [3.8, 4) is 0 Å². The van der Waals surface area contributed by atoms with Crippen LogP contribution in [0, 0.1) is 5.92 Å². The van der Waals surface area contributed by atoms with Crippen molar-refractivity contribution in [2.45, 2.75) is 19.3 Å². The fourth-order valence-corrected chi connectivity index (χ4v) is 2.77. The molecule has 2 aliphatic heterocycles. The van der Waals surface area contributed by atoms with Gasteiger partial charge in [-0.25, -0.2) is 0 Å². The number of fused-ring (bicyclic) bond motifs is 1. The van der Waals surface area contributed by atoms with Gasteiger partial charge in [-0.2, -0.15) is 0 Å². The van der Waals surface area contributed by atoms with Crippen molar-refractivity contribution in [2.75, 3.05) is 13.1 Å². The molecule has 0 aliphatic carbocycles. The highest BCUT2D eigenvalue weighted by Crippen LogP contribution is 2.19. The van der Waals surface area contributed by atoms with E-state index >= 15 is 0 Å². The summed E-state index contributed by atoms with van der Waals surface area (Å²) in [5, 5.41) is 10.7. The average Bonchev–Trinajstić information content (AvgIpc) is 2.78. The second kappa shape index (κ2) is 6.64. The zero-order valence-electron chi connectivity index (χ0n) is 12.6. The molecule has 1 N–H and O–H groups in total. The summed E-state index contributed by atoms with van der Waals surface area (Å²) in [6.45, 7) is 0.861. The van der Waals surface area contributed by atoms with Crippen molar-refractivity contribution in [1.82, 2.24) is 4.90 Å². The molecule has 1 saturated heterocycles. The predicted molar refractivity (Wildman–Crippen MR) is 82.4 cm³/mol. The van der Waals surface area contributed by atoms with Crippen LogP contribution in [0.3, 0.4) is 0 Å². The van der Waals surface area contributed by atoms with E-state index in [2.05, 4.69) is 4.99 Å². The Labute approximate surface area is 133 Å². The van der Waals surface area contributed by atoms with Gasteiger partial charge in [0.25, 0.3) is 0 Å². The van der Waals surface area contributed by atoms with E-state index in [0.29, 0.717) is 25.1 Å². The van der Waals surface area contributed by atoms with Crippen molar-refractivity contribution in [2.24, 2.45) is 10.9 Å². The lowest BCUT2D eigenvalue weighted by atomic mass is 9.98. The van der Waals surface area contributed by atoms with Gasteiger partial charge in [-0.05, 0) is 25.0 Å². The Hall–Kier alpha value is -2.63. The first-order valence-electron chi connectivity index (χ1n) is 7.63. The summed E-state index contributed by atoms with van der Waals surface area (Å²) in [5.41, 5.74) is 0. The topological polar surface area (TPSA) is 79.2 Å². The van der Waals surface area contributed by atoms with Crippen LogP contribution >= 0.6 is 0 Å². The van der Waals surface area contributed by atoms with E-state index in [-0.39, 0.29) is 18.9 Å². The molecule has 1 fully saturated rings. The summed E-state index contributed by atoms with van der Waals surface area (Å²) >= 11 is 0. The van der Waals surface area contributed by atoms with Crippen molar-refractivity contribution in [1.29, 1.82) is 0 Å². The minimum Gasteiger partial charge on any atom is -0.481 e. The number of hydrogen-bond donors (Lipinski definition) is 1. The summed E-state index contributed by atoms with van der Waals surface area (Å²) in [5.74, 6) is -0.983. The van der Waals surface area contributed by atoms with E-state index < -0.39 is 11.9 Å². The standard InChI is InChI=1S/C17H18N2O4/c20-16(19-7-3-5-12(10-19)17(21)22)8-14-9-18-15-6-2-1-4-13(15)11-23-14/h1-2,4,6,9,11-12H,3,5,7-8,10H2,(H,21,22). The van der Waals surface area contributed by atoms with Crippen LogP contribution < -0.4 is 10.6 Å². The van der Waals surface area contributed by atoms with Gasteiger partial charge < -0.3 is 14.7 Å². The number of aliphatic carboxylic acids is 1. The summed E-state index contributed by atoms with van der Waals surface area (Å²) in [4.78, 5) is 29.4. The third kappa shape index (κ3) is 3.59. The number of para-hydroxylation sites is 1. The van der Waals surface area contributed by atoms with Crippen molar-refractivity contribution in [3.05, 3.63) is 46.8 Å². The van der Waals surface area contributed by atoms with Crippen LogP contribution in [0.4, 0.5) is 0 Å². The molecule has 0 aromatic heterocycles. The molecule has 23 heavy (non-hydrogen) atoms. The molecule has 0 bridgehead atoms. The number of piperidine rings is 1. The number of carboxylic acids is 1. The molecule has 6 nitrogen and oxygen atoms in total. The van der Waals surface area contributed by atoms with E-state index in [1.54, 1.807) is 17.4 Å². The molecule has 1 aromatic rings. The lowest BCUT2D eigenvalue weighted by Gasteiger charge is -2.30. The van der Waals surface area contributed by atoms with E-state index in [0.717, 1.165) is 10.6 Å². The van der Waals surface area contributed by atoms with Crippen LogP contribution in [0.15, 0.2) is 41.2 Å². The van der Waals surface area contributed by atoms with Gasteiger partial charge in [0.05, 0.1) is 23.9 Å². The summed E-state index contributed by atoms with van der Waals surface area (Å²) in [7, 11) is 0. The molecule has 1 aromatic carbocycles. The highest BCUT2D eigenvalue weighted by atomic mass is 16.5. The molecule has 0 spiro atoms. The molecular weight excluding hydrogens is 296 g/mol. The zero-order chi connectivity index (χ0) is 16.2. The Kier molecular flexibility index (Phi) is 4.41. The van der Waals surface area contributed by atoms with Gasteiger partial charge in [0.1, 0.15) is 12.0 Å². The normalized spacial score (nSPS) is 20.1. The number of rotatable bonds is 3. The fraction of sp³-hybridized carbons (Fsp3) is 0.353. The van der Waals surface area contributed by atoms with Gasteiger partial charge in [-0.3, -0.25) is 14.6 Å². The summed E-state index contributed by atoms with van der Waals surface area (Å²) in [6, 6.07) is 7.54. The molecule has 0 radical (unpaired) electrons. The van der Waals surface area contributed by atoms with Gasteiger partial charge in [0.15, 0.2) is 0 Å². The summed E-state index contributed by atoms with van der Waals surface area (Å²) < 4.78 is 5.54. The molecule has 2 heterocycles. The number of likely N-dealkylation sites (tertiary alicyclic amines) is 1. The smallest absolute Gasteiger partial charge is 0.308 e. The van der Waals surface area contributed by atoms with E-state index in [4.69, 9.17) is 9.84 Å². The second-order valence-electron chi connectivity index (χ2n) is 5.71. The Morgan fingerprint density at radius 1 is 1.35 bits per heavy atom. The first kappa shape index (κ1) is 15.3. The zero-order valence-corrected chi connectivity index (χ0v) is 12.6. The maximum Gasteiger partial charge on any atom is 0.308 e. The SMILES string of the molecule is O=C(O)C1CCCN(C(=O)CC2=CN=c3ccccc3=CO2)C1. The highest BCUT2D eigenvalue weighted by Gasteiger charge is 2.28. The molecule has 120 valence electrons. The molecular formula is C17H18N2O4. The Bertz CT molecular complexity index is 769. The second-order valence-corrected chi connectivity index (χ2v) is 5.71. The highest BCUT2D eigenvalue weighted by molar-refractivity contribution is 5.79. The third-order valence-corrected chi connectivity index (χ3v) is 4.07. The van der Waals surface area contributed by atoms with Crippen LogP contribution in [0.5, 0.6) is 0 Å². The van der Waals surface area contributed by atoms with E-state index in [1.807, 2.05) is 24.3 Å². The Morgan fingerprint density at radius 2 is 2.17 bits per heavy atom. The first-order chi connectivity index (χ1) is 11.1. The first-order valence-corrected chi connectivity index (χ1v) is 7.63. The maximum absolute atomic E-state index is 12.4. The van der Waals surface area contributed by atoms with E-state index in [1.165, 1.54) is 0 Å². The Morgan fingerprint density at radius 3 is 3.00 bits per heavy atom. The van der Waals surface area contributed by atoms with Crippen molar-refractivity contribution < 1.29 is 19.4 Å². The van der Waals surface area contributed by atoms with Crippen LogP contribution in [0.25, 0.3) is 6.26 Å². The van der Waals surface area contributed by atoms with Crippen LogP contribution in [0.2, 0.25) is 0 Å². The number of benzene rings is 1. The molecule has 2 aliphatic rings. The van der Waals surface area contributed by atoms with Crippen LogP contribution in [0.1, 0.15) is 19.3 Å². The lowest BCUT2D eigenvalue weighted by molar-refractivity contribution is -0.145. The predicted octanol–water partition coefficient (Wildman–Crippen LogP) is 0.629. The lowest BCUT2D eigenvalue weighted by Crippen LogP contribution is -2.42. The molecule has 6 heteroatoms. The Balaban J connectivity index is 1.68. The number of carboxylic acid groups (broad SMARTS) is 1. The quantitative estimate of drug-likeness (QED) is 0.887. The van der Waals surface area contributed by atoms with Gasteiger partial charge in [0.2, 0.25) is 5.91 Å². The van der Waals surface area contributed by atoms with Gasteiger partial charge in [-0.15, -0.1) is 0 Å². The van der Waals surface area contributed by atoms with Crippen molar-refractivity contribution >= 4 is 18.1 Å². The monoisotopic (exact) mass is 314 g/mol. The molecule has 1 amide bonds. The minimum absolute atomic E-state index is 0.0837. The maximum atomic E-state index is 12.4. The molecule has 1 atom stereocenters.